The van der Waals surface area contributed by atoms with E-state index < -0.39 is 0 Å². The van der Waals surface area contributed by atoms with Crippen molar-refractivity contribution in [1.29, 1.82) is 0 Å². The van der Waals surface area contributed by atoms with Gasteiger partial charge in [0.05, 0.1) is 0 Å². The first-order valence-corrected chi connectivity index (χ1v) is 12.0. The third kappa shape index (κ3) is 9.77. The summed E-state index contributed by atoms with van der Waals surface area (Å²) in [6.45, 7) is 3.57. The third-order valence-electron chi connectivity index (χ3n) is 6.03. The van der Waals surface area contributed by atoms with Gasteiger partial charge in [-0.2, -0.15) is 0 Å². The molecule has 2 aliphatic rings. The van der Waals surface area contributed by atoms with E-state index in [1.807, 2.05) is 0 Å². The van der Waals surface area contributed by atoms with Crippen LogP contribution in [0.1, 0.15) is 113 Å². The van der Waals surface area contributed by atoms with Crippen molar-refractivity contribution in [2.75, 3.05) is 0 Å². The molecule has 0 spiro atoms. The molecule has 0 aromatic heterocycles. The van der Waals surface area contributed by atoms with E-state index in [1.54, 1.807) is 0 Å². The molecule has 168 valence electrons. The minimum absolute atomic E-state index is 0.249. The fraction of sp³-hybridized carbons (Fsp3) is 0.692. The maximum absolute atomic E-state index is 11.4. The molecule has 2 aliphatic carbocycles. The van der Waals surface area contributed by atoms with Gasteiger partial charge in [0.15, 0.2) is 0 Å². The first-order valence-electron chi connectivity index (χ1n) is 12.0. The summed E-state index contributed by atoms with van der Waals surface area (Å²) in [5.41, 5.74) is 4.66. The minimum Gasteiger partial charge on any atom is -0.461 e. The Balaban J connectivity index is 2.20. The van der Waals surface area contributed by atoms with E-state index in [0.717, 1.165) is 36.8 Å². The van der Waals surface area contributed by atoms with E-state index in [-0.39, 0.29) is 11.9 Å². The SMILES string of the molecule is CC(=O)OCc1cc2c(COC(C)=O)cc1CCCCCCCCCCCCCC2. The number of fused-ring (bicyclic) bond motifs is 15. The lowest BCUT2D eigenvalue weighted by Crippen LogP contribution is -2.08. The van der Waals surface area contributed by atoms with Crippen LogP contribution in [-0.4, -0.2) is 11.9 Å². The van der Waals surface area contributed by atoms with Crippen molar-refractivity contribution < 1.29 is 19.1 Å². The number of benzene rings is 1. The second kappa shape index (κ2) is 14.2. The van der Waals surface area contributed by atoms with Crippen molar-refractivity contribution in [1.82, 2.24) is 0 Å². The van der Waals surface area contributed by atoms with Gasteiger partial charge in [0.25, 0.3) is 0 Å². The van der Waals surface area contributed by atoms with Crippen molar-refractivity contribution in [3.63, 3.8) is 0 Å². The number of ether oxygens (including phenoxy) is 2. The summed E-state index contributed by atoms with van der Waals surface area (Å²) in [7, 11) is 0. The quantitative estimate of drug-likeness (QED) is 0.519. The van der Waals surface area contributed by atoms with Gasteiger partial charge < -0.3 is 9.47 Å². The van der Waals surface area contributed by atoms with Crippen LogP contribution >= 0.6 is 0 Å². The lowest BCUT2D eigenvalue weighted by Gasteiger charge is -2.17. The van der Waals surface area contributed by atoms with Gasteiger partial charge in [-0.3, -0.25) is 9.59 Å². The fourth-order valence-electron chi connectivity index (χ4n) is 4.28. The van der Waals surface area contributed by atoms with E-state index in [2.05, 4.69) is 12.1 Å². The van der Waals surface area contributed by atoms with Crippen LogP contribution in [0.4, 0.5) is 0 Å². The Morgan fingerprint density at radius 2 is 0.900 bits per heavy atom. The average Bonchev–Trinajstić information content (AvgIpc) is 2.71. The Morgan fingerprint density at radius 3 is 1.20 bits per heavy atom. The van der Waals surface area contributed by atoms with E-state index in [4.69, 9.17) is 9.47 Å². The van der Waals surface area contributed by atoms with Crippen LogP contribution in [0.3, 0.4) is 0 Å². The van der Waals surface area contributed by atoms with E-state index in [9.17, 15) is 9.59 Å². The monoisotopic (exact) mass is 416 g/mol. The zero-order valence-corrected chi connectivity index (χ0v) is 19.1. The predicted octanol–water partition coefficient (Wildman–Crippen LogP) is 6.59. The maximum atomic E-state index is 11.4. The summed E-state index contributed by atoms with van der Waals surface area (Å²) in [5, 5.41) is 0. The summed E-state index contributed by atoms with van der Waals surface area (Å²) < 4.78 is 10.7. The van der Waals surface area contributed by atoms with Crippen molar-refractivity contribution in [3.8, 4) is 0 Å². The van der Waals surface area contributed by atoms with E-state index in [0.29, 0.717) is 13.2 Å². The van der Waals surface area contributed by atoms with Gasteiger partial charge in [-0.05, 0) is 47.9 Å². The highest BCUT2D eigenvalue weighted by Gasteiger charge is 2.13. The van der Waals surface area contributed by atoms with Crippen LogP contribution in [0, 0.1) is 0 Å². The lowest BCUT2D eigenvalue weighted by molar-refractivity contribution is -0.143. The number of aryl methyl sites for hydroxylation is 2. The molecule has 4 nitrogen and oxygen atoms in total. The van der Waals surface area contributed by atoms with Crippen molar-refractivity contribution in [2.45, 2.75) is 117 Å². The Labute approximate surface area is 182 Å². The lowest BCUT2D eigenvalue weighted by atomic mass is 9.92. The van der Waals surface area contributed by atoms with Crippen LogP contribution < -0.4 is 0 Å². The number of carbonyl (C=O) groups is 2. The largest absolute Gasteiger partial charge is 0.461 e. The van der Waals surface area contributed by atoms with Crippen LogP contribution in [0.15, 0.2) is 12.1 Å². The maximum Gasteiger partial charge on any atom is 0.302 e. The van der Waals surface area contributed by atoms with Gasteiger partial charge >= 0.3 is 11.9 Å². The average molecular weight is 417 g/mol. The molecule has 1 aromatic rings. The molecule has 0 atom stereocenters. The Hall–Kier alpha value is -1.84. The van der Waals surface area contributed by atoms with Gasteiger partial charge in [0.1, 0.15) is 13.2 Å². The normalized spacial score (nSPS) is 17.0. The topological polar surface area (TPSA) is 52.6 Å². The number of carbonyl (C=O) groups excluding carboxylic acids is 2. The molecule has 0 unspecified atom stereocenters. The molecule has 0 saturated carbocycles. The van der Waals surface area contributed by atoms with Crippen molar-refractivity contribution >= 4 is 11.9 Å². The summed E-state index contributed by atoms with van der Waals surface area (Å²) in [6.07, 6.45) is 17.4. The molecule has 0 saturated heterocycles. The number of hydrogen-bond donors (Lipinski definition) is 0. The molecule has 0 heterocycles. The molecule has 30 heavy (non-hydrogen) atoms. The van der Waals surface area contributed by atoms with Crippen LogP contribution in [-0.2, 0) is 45.1 Å². The van der Waals surface area contributed by atoms with Gasteiger partial charge in [-0.1, -0.05) is 76.3 Å². The Bertz CT molecular complexity index is 607. The fourth-order valence-corrected chi connectivity index (χ4v) is 4.28. The summed E-state index contributed by atoms with van der Waals surface area (Å²) in [4.78, 5) is 22.8. The van der Waals surface area contributed by atoms with Crippen LogP contribution in [0.2, 0.25) is 0 Å². The second-order valence-electron chi connectivity index (χ2n) is 8.69. The van der Waals surface area contributed by atoms with Crippen molar-refractivity contribution in [3.05, 3.63) is 34.4 Å². The molecular formula is C26H40O4. The molecule has 2 bridgehead atoms. The number of hydrogen-bond acceptors (Lipinski definition) is 4. The van der Waals surface area contributed by atoms with E-state index >= 15 is 0 Å². The smallest absolute Gasteiger partial charge is 0.302 e. The van der Waals surface area contributed by atoms with Gasteiger partial charge in [-0.25, -0.2) is 0 Å². The summed E-state index contributed by atoms with van der Waals surface area (Å²) >= 11 is 0. The van der Waals surface area contributed by atoms with Gasteiger partial charge in [0.2, 0.25) is 0 Å². The number of esters is 2. The summed E-state index contributed by atoms with van der Waals surface area (Å²) in [5.74, 6) is -0.498. The molecule has 0 amide bonds. The molecule has 0 fully saturated rings. The molecule has 3 rings (SSSR count). The summed E-state index contributed by atoms with van der Waals surface area (Å²) in [6, 6.07) is 4.39. The van der Waals surface area contributed by atoms with Crippen molar-refractivity contribution in [2.24, 2.45) is 0 Å². The molecular weight excluding hydrogens is 376 g/mol. The predicted molar refractivity (Wildman–Crippen MR) is 120 cm³/mol. The van der Waals surface area contributed by atoms with Gasteiger partial charge in [0, 0.05) is 13.8 Å². The van der Waals surface area contributed by atoms with Crippen LogP contribution in [0.5, 0.6) is 0 Å². The zero-order chi connectivity index (χ0) is 21.6. The van der Waals surface area contributed by atoms with E-state index in [1.165, 1.54) is 89.2 Å². The minimum atomic E-state index is -0.249. The first-order chi connectivity index (χ1) is 14.6. The highest BCUT2D eigenvalue weighted by molar-refractivity contribution is 5.66. The molecule has 1 aromatic carbocycles. The number of rotatable bonds is 4. The molecule has 4 heteroatoms. The Morgan fingerprint density at radius 1 is 0.600 bits per heavy atom. The molecule has 0 N–H and O–H groups in total. The second-order valence-corrected chi connectivity index (χ2v) is 8.69. The molecule has 0 radical (unpaired) electrons. The zero-order valence-electron chi connectivity index (χ0n) is 19.1. The third-order valence-corrected chi connectivity index (χ3v) is 6.03. The highest BCUT2D eigenvalue weighted by Crippen LogP contribution is 2.24. The van der Waals surface area contributed by atoms with Crippen LogP contribution in [0.25, 0.3) is 0 Å². The standard InChI is InChI=1S/C26H40O4/c1-21(27)29-19-25-17-24-16-14-12-10-8-6-4-3-5-7-9-11-13-15-23(25)18-26(24)20-30-22(2)28/h17-18H,3-16,19-20H2,1-2H3. The highest BCUT2D eigenvalue weighted by atomic mass is 16.5. The Kier molecular flexibility index (Phi) is 11.6. The van der Waals surface area contributed by atoms with Gasteiger partial charge in [-0.15, -0.1) is 0 Å². The molecule has 0 aliphatic heterocycles. The first kappa shape index (κ1) is 24.4.